The summed E-state index contributed by atoms with van der Waals surface area (Å²) in [5.41, 5.74) is 1.50. The van der Waals surface area contributed by atoms with Gasteiger partial charge >= 0.3 is 0 Å². The lowest BCUT2D eigenvalue weighted by Gasteiger charge is -2.21. The highest BCUT2D eigenvalue weighted by Gasteiger charge is 2.12. The third-order valence-corrected chi connectivity index (χ3v) is 2.80. The van der Waals surface area contributed by atoms with Gasteiger partial charge in [0.2, 0.25) is 0 Å². The van der Waals surface area contributed by atoms with E-state index in [0.29, 0.717) is 24.4 Å². The molecule has 0 saturated heterocycles. The molecule has 0 atom stereocenters. The highest BCUT2D eigenvalue weighted by molar-refractivity contribution is 5.94. The fraction of sp³-hybridized carbons (Fsp3) is 0.375. The number of nitrogens with zero attached hydrogens (tertiary/aromatic N) is 1. The van der Waals surface area contributed by atoms with Crippen molar-refractivity contribution < 1.29 is 14.3 Å². The van der Waals surface area contributed by atoms with Crippen LogP contribution in [0.15, 0.2) is 36.4 Å². The first-order valence-electron chi connectivity index (χ1n) is 6.60. The van der Waals surface area contributed by atoms with Crippen molar-refractivity contribution >= 4 is 11.7 Å². The average Bonchev–Trinajstić information content (AvgIpc) is 2.42. The van der Waals surface area contributed by atoms with Crippen LogP contribution in [0.3, 0.4) is 0 Å². The molecule has 0 heterocycles. The molecule has 0 saturated carbocycles. The molecule has 4 heteroatoms. The Morgan fingerprint density at radius 3 is 2.55 bits per heavy atom. The molecule has 108 valence electrons. The summed E-state index contributed by atoms with van der Waals surface area (Å²) >= 11 is 0. The average molecular weight is 275 g/mol. The maximum absolute atomic E-state index is 12.0. The summed E-state index contributed by atoms with van der Waals surface area (Å²) in [7, 11) is 0. The van der Waals surface area contributed by atoms with Crippen LogP contribution in [0, 0.1) is 0 Å². The van der Waals surface area contributed by atoms with Crippen LogP contribution in [0.4, 0.5) is 0 Å². The van der Waals surface area contributed by atoms with Crippen molar-refractivity contribution in [3.8, 4) is 5.75 Å². The van der Waals surface area contributed by atoms with Gasteiger partial charge in [0, 0.05) is 18.7 Å². The van der Waals surface area contributed by atoms with Gasteiger partial charge in [0.05, 0.1) is 0 Å². The summed E-state index contributed by atoms with van der Waals surface area (Å²) in [5, 5.41) is 0. The Balaban J connectivity index is 2.62. The number of ketones is 1. The van der Waals surface area contributed by atoms with Crippen LogP contribution in [0.1, 0.15) is 31.1 Å². The summed E-state index contributed by atoms with van der Waals surface area (Å²) in [6.07, 6.45) is 0. The molecule has 4 nitrogen and oxygen atoms in total. The van der Waals surface area contributed by atoms with Crippen LogP contribution in [-0.4, -0.2) is 36.3 Å². The van der Waals surface area contributed by atoms with Crippen molar-refractivity contribution in [2.75, 3.05) is 19.7 Å². The topological polar surface area (TPSA) is 46.6 Å². The van der Waals surface area contributed by atoms with E-state index in [4.69, 9.17) is 4.74 Å². The molecule has 0 aliphatic rings. The van der Waals surface area contributed by atoms with E-state index in [-0.39, 0.29) is 18.3 Å². The van der Waals surface area contributed by atoms with Gasteiger partial charge in [0.25, 0.3) is 5.91 Å². The number of hydrogen-bond acceptors (Lipinski definition) is 3. The number of hydrogen-bond donors (Lipinski definition) is 0. The molecule has 1 aromatic rings. The van der Waals surface area contributed by atoms with Crippen LogP contribution < -0.4 is 4.74 Å². The molecule has 0 spiro atoms. The standard InChI is InChI=1S/C16H21NO3/c1-5-17(10-12(2)3)16(19)11-20-15-8-6-7-14(9-15)13(4)18/h6-9H,2,5,10-11H2,1,3-4H3. The van der Waals surface area contributed by atoms with E-state index in [1.807, 2.05) is 13.8 Å². The minimum Gasteiger partial charge on any atom is -0.484 e. The van der Waals surface area contributed by atoms with Gasteiger partial charge in [-0.25, -0.2) is 0 Å². The number of likely N-dealkylation sites (N-methyl/N-ethyl adjacent to an activating group) is 1. The van der Waals surface area contributed by atoms with E-state index in [1.165, 1.54) is 6.92 Å². The minimum absolute atomic E-state index is 0.0285. The van der Waals surface area contributed by atoms with Crippen molar-refractivity contribution in [2.45, 2.75) is 20.8 Å². The summed E-state index contributed by atoms with van der Waals surface area (Å²) in [5.74, 6) is 0.403. The lowest BCUT2D eigenvalue weighted by molar-refractivity contribution is -0.132. The van der Waals surface area contributed by atoms with Crippen LogP contribution >= 0.6 is 0 Å². The second-order valence-electron chi connectivity index (χ2n) is 4.74. The van der Waals surface area contributed by atoms with Crippen molar-refractivity contribution in [1.82, 2.24) is 4.90 Å². The fourth-order valence-corrected chi connectivity index (χ4v) is 1.74. The van der Waals surface area contributed by atoms with Gasteiger partial charge in [-0.15, -0.1) is 0 Å². The van der Waals surface area contributed by atoms with Gasteiger partial charge < -0.3 is 9.64 Å². The Labute approximate surface area is 120 Å². The van der Waals surface area contributed by atoms with E-state index < -0.39 is 0 Å². The highest BCUT2D eigenvalue weighted by Crippen LogP contribution is 2.14. The van der Waals surface area contributed by atoms with Gasteiger partial charge in [-0.2, -0.15) is 0 Å². The summed E-state index contributed by atoms with van der Waals surface area (Å²) in [4.78, 5) is 24.9. The lowest BCUT2D eigenvalue weighted by atomic mass is 10.1. The normalized spacial score (nSPS) is 9.95. The quantitative estimate of drug-likeness (QED) is 0.568. The Kier molecular flexibility index (Phi) is 5.97. The number of rotatable bonds is 7. The summed E-state index contributed by atoms with van der Waals surface area (Å²) < 4.78 is 5.45. The zero-order valence-electron chi connectivity index (χ0n) is 12.3. The van der Waals surface area contributed by atoms with Crippen LogP contribution in [0.5, 0.6) is 5.75 Å². The van der Waals surface area contributed by atoms with Crippen molar-refractivity contribution in [1.29, 1.82) is 0 Å². The largest absolute Gasteiger partial charge is 0.484 e. The Morgan fingerprint density at radius 1 is 1.30 bits per heavy atom. The minimum atomic E-state index is -0.0938. The predicted octanol–water partition coefficient (Wildman–Crippen LogP) is 2.69. The molecule has 1 aromatic carbocycles. The fourth-order valence-electron chi connectivity index (χ4n) is 1.74. The number of carbonyl (C=O) groups is 2. The SMILES string of the molecule is C=C(C)CN(CC)C(=O)COc1cccc(C(C)=O)c1. The zero-order chi connectivity index (χ0) is 15.1. The number of benzene rings is 1. The second-order valence-corrected chi connectivity index (χ2v) is 4.74. The van der Waals surface area contributed by atoms with Crippen LogP contribution in [-0.2, 0) is 4.79 Å². The third kappa shape index (κ3) is 4.88. The molecule has 20 heavy (non-hydrogen) atoms. The van der Waals surface area contributed by atoms with Gasteiger partial charge in [-0.1, -0.05) is 24.3 Å². The molecular formula is C16H21NO3. The number of ether oxygens (including phenoxy) is 1. The first kappa shape index (κ1) is 16.0. The molecule has 1 rings (SSSR count). The van der Waals surface area contributed by atoms with E-state index in [2.05, 4.69) is 6.58 Å². The Morgan fingerprint density at radius 2 is 2.00 bits per heavy atom. The number of amides is 1. The van der Waals surface area contributed by atoms with Gasteiger partial charge in [0.15, 0.2) is 12.4 Å². The molecule has 0 bridgehead atoms. The molecule has 0 aliphatic carbocycles. The number of Topliss-reactive ketones (excluding diaryl/α,β-unsaturated/α-hetero) is 1. The van der Waals surface area contributed by atoms with Gasteiger partial charge in [-0.3, -0.25) is 9.59 Å². The zero-order valence-corrected chi connectivity index (χ0v) is 12.3. The molecule has 0 unspecified atom stereocenters. The lowest BCUT2D eigenvalue weighted by Crippen LogP contribution is -2.35. The Hall–Kier alpha value is -2.10. The smallest absolute Gasteiger partial charge is 0.260 e. The maximum Gasteiger partial charge on any atom is 0.260 e. The molecule has 0 radical (unpaired) electrons. The van der Waals surface area contributed by atoms with Crippen LogP contribution in [0.2, 0.25) is 0 Å². The van der Waals surface area contributed by atoms with Gasteiger partial charge in [-0.05, 0) is 32.9 Å². The maximum atomic E-state index is 12.0. The van der Waals surface area contributed by atoms with E-state index in [1.54, 1.807) is 29.2 Å². The first-order valence-corrected chi connectivity index (χ1v) is 6.60. The molecule has 0 aromatic heterocycles. The second kappa shape index (κ2) is 7.48. The van der Waals surface area contributed by atoms with Crippen molar-refractivity contribution in [3.05, 3.63) is 42.0 Å². The van der Waals surface area contributed by atoms with Gasteiger partial charge in [0.1, 0.15) is 5.75 Å². The summed E-state index contributed by atoms with van der Waals surface area (Å²) in [6.45, 7) is 10.2. The third-order valence-electron chi connectivity index (χ3n) is 2.80. The van der Waals surface area contributed by atoms with Crippen LogP contribution in [0.25, 0.3) is 0 Å². The van der Waals surface area contributed by atoms with E-state index in [9.17, 15) is 9.59 Å². The summed E-state index contributed by atoms with van der Waals surface area (Å²) in [6, 6.07) is 6.83. The molecule has 1 amide bonds. The molecule has 0 fully saturated rings. The highest BCUT2D eigenvalue weighted by atomic mass is 16.5. The number of carbonyl (C=O) groups excluding carboxylic acids is 2. The molecule has 0 N–H and O–H groups in total. The van der Waals surface area contributed by atoms with E-state index >= 15 is 0 Å². The molecule has 0 aliphatic heterocycles. The van der Waals surface area contributed by atoms with Crippen molar-refractivity contribution in [2.24, 2.45) is 0 Å². The molecular weight excluding hydrogens is 254 g/mol. The first-order chi connectivity index (χ1) is 9.43. The van der Waals surface area contributed by atoms with Crippen molar-refractivity contribution in [3.63, 3.8) is 0 Å². The monoisotopic (exact) mass is 275 g/mol. The van der Waals surface area contributed by atoms with E-state index in [0.717, 1.165) is 5.57 Å². The Bertz CT molecular complexity index is 508. The predicted molar refractivity (Wildman–Crippen MR) is 79.0 cm³/mol.